The third-order valence-corrected chi connectivity index (χ3v) is 5.51. The first kappa shape index (κ1) is 21.3. The van der Waals surface area contributed by atoms with Crippen molar-refractivity contribution >= 4 is 23.0 Å². The van der Waals surface area contributed by atoms with Crippen LogP contribution in [0.2, 0.25) is 0 Å². The summed E-state index contributed by atoms with van der Waals surface area (Å²) >= 11 is 0. The molecule has 1 aromatic carbocycles. The Morgan fingerprint density at radius 3 is 2.81 bits per heavy atom. The number of carbonyl (C=O) groups is 1. The Morgan fingerprint density at radius 1 is 1.26 bits per heavy atom. The summed E-state index contributed by atoms with van der Waals surface area (Å²) < 4.78 is 13.2. The van der Waals surface area contributed by atoms with Gasteiger partial charge in [0.05, 0.1) is 19.8 Å². The Labute approximate surface area is 183 Å². The molecule has 0 unspecified atom stereocenters. The molecule has 0 N–H and O–H groups in total. The van der Waals surface area contributed by atoms with Gasteiger partial charge in [-0.2, -0.15) is 0 Å². The van der Waals surface area contributed by atoms with E-state index in [9.17, 15) is 4.79 Å². The van der Waals surface area contributed by atoms with E-state index in [1.54, 1.807) is 11.8 Å². The topological polar surface area (TPSA) is 56.6 Å². The van der Waals surface area contributed by atoms with Gasteiger partial charge in [-0.15, -0.1) is 0 Å². The monoisotopic (exact) mass is 418 g/mol. The van der Waals surface area contributed by atoms with Gasteiger partial charge in [0.1, 0.15) is 11.8 Å². The Kier molecular flexibility index (Phi) is 6.79. The Hall–Kier alpha value is -2.96. The lowest BCUT2D eigenvalue weighted by Crippen LogP contribution is -2.45. The molecule has 0 spiro atoms. The highest BCUT2D eigenvalue weighted by Crippen LogP contribution is 2.18. The zero-order valence-electron chi connectivity index (χ0n) is 18.1. The van der Waals surface area contributed by atoms with E-state index < -0.39 is 6.10 Å². The van der Waals surface area contributed by atoms with Gasteiger partial charge in [-0.1, -0.05) is 36.4 Å². The average Bonchev–Trinajstić information content (AvgIpc) is 3.12. The van der Waals surface area contributed by atoms with E-state index in [4.69, 9.17) is 9.47 Å². The first-order valence-corrected chi connectivity index (χ1v) is 10.7. The quantitative estimate of drug-likeness (QED) is 0.590. The van der Waals surface area contributed by atoms with Gasteiger partial charge in [0.15, 0.2) is 0 Å². The van der Waals surface area contributed by atoms with Crippen molar-refractivity contribution in [3.63, 3.8) is 0 Å². The fraction of sp³-hybridized carbons (Fsp3) is 0.360. The normalized spacial score (nSPS) is 15.6. The number of aryl methyl sites for hydroxylation is 1. The lowest BCUT2D eigenvalue weighted by atomic mass is 10.1. The van der Waals surface area contributed by atoms with Gasteiger partial charge < -0.3 is 18.9 Å². The van der Waals surface area contributed by atoms with Gasteiger partial charge in [0.25, 0.3) is 5.91 Å². The first-order valence-electron chi connectivity index (χ1n) is 10.7. The molecule has 1 amide bonds. The highest BCUT2D eigenvalue weighted by atomic mass is 16.5. The zero-order chi connectivity index (χ0) is 21.6. The van der Waals surface area contributed by atoms with Crippen molar-refractivity contribution in [1.82, 2.24) is 14.5 Å². The number of carbonyl (C=O) groups excluding carboxylic acids is 1. The van der Waals surface area contributed by atoms with Crippen LogP contribution in [0.1, 0.15) is 23.7 Å². The van der Waals surface area contributed by atoms with Gasteiger partial charge in [-0.3, -0.25) is 4.79 Å². The van der Waals surface area contributed by atoms with Crippen LogP contribution in [-0.2, 0) is 20.8 Å². The van der Waals surface area contributed by atoms with E-state index in [1.807, 2.05) is 30.5 Å². The molecule has 0 bridgehead atoms. The Balaban J connectivity index is 1.29. The molecule has 6 nitrogen and oxygen atoms in total. The minimum Gasteiger partial charge on any atom is -0.378 e. The standard InChI is InChI=1S/C25H28N3O3/c1-19-17-23-6-3-11-26-24(23)28(19)18-22-9-7-21(8-10-22)5-4-14-31-20(2)25(29)27-12-15-30-16-13-27/h3-11,20H,12-16,18H2,1-2H3/b5-4+/t20-/m1/s1. The largest absolute Gasteiger partial charge is 0.378 e. The van der Waals surface area contributed by atoms with Crippen LogP contribution in [0.25, 0.3) is 17.1 Å². The SMILES string of the molecule is Cc1[c]c2cccnc2n1Cc1ccc(/C=C/CO[C@H](C)C(=O)N2CCOCC2)cc1. The van der Waals surface area contributed by atoms with E-state index in [1.165, 1.54) is 5.56 Å². The number of fused-ring (bicyclic) bond motifs is 1. The van der Waals surface area contributed by atoms with Crippen molar-refractivity contribution < 1.29 is 14.3 Å². The maximum Gasteiger partial charge on any atom is 0.251 e. The first-order chi connectivity index (χ1) is 15.1. The van der Waals surface area contributed by atoms with Crippen LogP contribution >= 0.6 is 0 Å². The average molecular weight is 419 g/mol. The molecule has 1 aliphatic heterocycles. The summed E-state index contributed by atoms with van der Waals surface area (Å²) in [5.41, 5.74) is 4.34. The van der Waals surface area contributed by atoms with Gasteiger partial charge in [-0.05, 0) is 37.1 Å². The van der Waals surface area contributed by atoms with Gasteiger partial charge >= 0.3 is 0 Å². The van der Waals surface area contributed by atoms with Crippen LogP contribution < -0.4 is 0 Å². The summed E-state index contributed by atoms with van der Waals surface area (Å²) in [4.78, 5) is 18.6. The van der Waals surface area contributed by atoms with E-state index in [0.717, 1.165) is 28.8 Å². The van der Waals surface area contributed by atoms with Gasteiger partial charge in [-0.25, -0.2) is 4.98 Å². The van der Waals surface area contributed by atoms with Crippen LogP contribution in [0.15, 0.2) is 48.7 Å². The number of aromatic nitrogens is 2. The third kappa shape index (κ3) is 5.21. The van der Waals surface area contributed by atoms with Crippen LogP contribution in [0.3, 0.4) is 0 Å². The maximum atomic E-state index is 12.3. The van der Waals surface area contributed by atoms with E-state index in [0.29, 0.717) is 32.9 Å². The summed E-state index contributed by atoms with van der Waals surface area (Å²) in [6.45, 7) is 7.50. The van der Waals surface area contributed by atoms with Gasteiger partial charge in [0.2, 0.25) is 0 Å². The molecule has 6 heteroatoms. The second-order valence-corrected chi connectivity index (χ2v) is 7.73. The molecular formula is C25H28N3O3. The van der Waals surface area contributed by atoms with Crippen LogP contribution in [0.4, 0.5) is 0 Å². The molecule has 1 atom stereocenters. The van der Waals surface area contributed by atoms with Crippen LogP contribution in [-0.4, -0.2) is 59.4 Å². The summed E-state index contributed by atoms with van der Waals surface area (Å²) in [6, 6.07) is 15.8. The molecule has 1 aliphatic rings. The van der Waals surface area contributed by atoms with Crippen molar-refractivity contribution in [2.45, 2.75) is 26.5 Å². The summed E-state index contributed by atoms with van der Waals surface area (Å²) in [7, 11) is 0. The molecular weight excluding hydrogens is 390 g/mol. The van der Waals surface area contributed by atoms with E-state index in [-0.39, 0.29) is 5.91 Å². The fourth-order valence-electron chi connectivity index (χ4n) is 3.74. The number of benzene rings is 1. The third-order valence-electron chi connectivity index (χ3n) is 5.51. The number of amides is 1. The van der Waals surface area contributed by atoms with Crippen molar-refractivity contribution in [2.75, 3.05) is 32.9 Å². The van der Waals surface area contributed by atoms with E-state index in [2.05, 4.69) is 46.8 Å². The smallest absolute Gasteiger partial charge is 0.251 e. The summed E-state index contributed by atoms with van der Waals surface area (Å²) in [5.74, 6) is 0.0283. The van der Waals surface area contributed by atoms with Crippen molar-refractivity contribution in [3.8, 4) is 0 Å². The van der Waals surface area contributed by atoms with Crippen LogP contribution in [0.5, 0.6) is 0 Å². The molecule has 4 rings (SSSR count). The second-order valence-electron chi connectivity index (χ2n) is 7.73. The number of hydrogen-bond donors (Lipinski definition) is 0. The molecule has 1 fully saturated rings. The summed E-state index contributed by atoms with van der Waals surface area (Å²) in [5, 5.41) is 1.04. The molecule has 3 heterocycles. The molecule has 31 heavy (non-hydrogen) atoms. The highest BCUT2D eigenvalue weighted by molar-refractivity contribution is 5.80. The number of morpholine rings is 1. The Bertz CT molecular complexity index is 1050. The lowest BCUT2D eigenvalue weighted by Gasteiger charge is -2.29. The molecule has 0 saturated carbocycles. The molecule has 2 aromatic heterocycles. The van der Waals surface area contributed by atoms with Crippen LogP contribution in [0, 0.1) is 13.0 Å². The van der Waals surface area contributed by atoms with Crippen molar-refractivity contribution in [1.29, 1.82) is 0 Å². The summed E-state index contributed by atoms with van der Waals surface area (Å²) in [6.07, 6.45) is 5.33. The maximum absolute atomic E-state index is 12.3. The predicted molar refractivity (Wildman–Crippen MR) is 121 cm³/mol. The number of ether oxygens (including phenoxy) is 2. The minimum absolute atomic E-state index is 0.0283. The molecule has 161 valence electrons. The number of nitrogens with zero attached hydrogens (tertiary/aromatic N) is 3. The van der Waals surface area contributed by atoms with E-state index >= 15 is 0 Å². The van der Waals surface area contributed by atoms with Crippen molar-refractivity contribution in [2.24, 2.45) is 0 Å². The molecule has 0 aliphatic carbocycles. The lowest BCUT2D eigenvalue weighted by molar-refractivity contribution is -0.145. The second kappa shape index (κ2) is 9.90. The van der Waals surface area contributed by atoms with Gasteiger partial charge in [0, 0.05) is 43.0 Å². The fourth-order valence-corrected chi connectivity index (χ4v) is 3.74. The highest BCUT2D eigenvalue weighted by Gasteiger charge is 2.22. The van der Waals surface area contributed by atoms with Crippen molar-refractivity contribution in [3.05, 3.63) is 71.6 Å². The zero-order valence-corrected chi connectivity index (χ0v) is 18.1. The minimum atomic E-state index is -0.449. The number of rotatable bonds is 7. The Morgan fingerprint density at radius 2 is 2.03 bits per heavy atom. The molecule has 1 saturated heterocycles. The molecule has 3 aromatic rings. The number of pyridine rings is 1. The molecule has 1 radical (unpaired) electrons. The predicted octanol–water partition coefficient (Wildman–Crippen LogP) is 3.47. The number of hydrogen-bond acceptors (Lipinski definition) is 4.